The molecule has 0 spiro atoms. The van der Waals surface area contributed by atoms with Crippen LogP contribution in [0.4, 0.5) is 4.39 Å². The van der Waals surface area contributed by atoms with Crippen molar-refractivity contribution in [3.05, 3.63) is 63.9 Å². The van der Waals surface area contributed by atoms with Crippen LogP contribution in [0.25, 0.3) is 10.9 Å². The maximum absolute atomic E-state index is 13.5. The molecule has 0 aliphatic heterocycles. The highest BCUT2D eigenvalue weighted by molar-refractivity contribution is 14.1. The third-order valence-corrected chi connectivity index (χ3v) is 5.11. The average molecular weight is 508 g/mol. The summed E-state index contributed by atoms with van der Waals surface area (Å²) in [5.41, 5.74) is 1.20. The molecule has 3 aromatic rings. The molecule has 29 heavy (non-hydrogen) atoms. The molecule has 8 heteroatoms. The number of nitrogens with zero attached hydrogens (tertiary/aromatic N) is 3. The first-order chi connectivity index (χ1) is 14.1. The number of benzene rings is 1. The molecule has 0 bridgehead atoms. The average Bonchev–Trinajstić information content (AvgIpc) is 2.73. The van der Waals surface area contributed by atoms with Crippen molar-refractivity contribution in [2.45, 2.75) is 6.92 Å². The normalized spacial score (nSPS) is 11.0. The van der Waals surface area contributed by atoms with Crippen molar-refractivity contribution in [1.29, 1.82) is 0 Å². The fourth-order valence-corrected chi connectivity index (χ4v) is 3.35. The molecule has 0 radical (unpaired) electrons. The van der Waals surface area contributed by atoms with E-state index in [1.54, 1.807) is 18.2 Å². The first kappa shape index (κ1) is 21.4. The van der Waals surface area contributed by atoms with Crippen LogP contribution >= 0.6 is 22.6 Å². The Morgan fingerprint density at radius 3 is 2.90 bits per heavy atom. The van der Waals surface area contributed by atoms with Gasteiger partial charge in [0.1, 0.15) is 12.3 Å². The molecule has 0 aliphatic carbocycles. The Hall–Kier alpha value is -2.33. The second-order valence-corrected chi connectivity index (χ2v) is 7.61. The Kier molecular flexibility index (Phi) is 7.70. The lowest BCUT2D eigenvalue weighted by Gasteiger charge is -2.20. The van der Waals surface area contributed by atoms with Gasteiger partial charge in [-0.3, -0.25) is 9.69 Å². The van der Waals surface area contributed by atoms with Gasteiger partial charge < -0.3 is 10.1 Å². The Morgan fingerprint density at radius 1 is 1.24 bits per heavy atom. The molecule has 1 aromatic carbocycles. The number of carbonyl (C=O) groups excluding carboxylic acids is 1. The summed E-state index contributed by atoms with van der Waals surface area (Å²) in [6.45, 7) is 4.93. The Morgan fingerprint density at radius 2 is 2.10 bits per heavy atom. The number of likely N-dealkylation sites (N-methyl/N-ethyl adjacent to an activating group) is 1. The molecule has 0 saturated heterocycles. The molecule has 2 heterocycles. The number of halogens is 2. The lowest BCUT2D eigenvalue weighted by molar-refractivity contribution is 0.0943. The van der Waals surface area contributed by atoms with Gasteiger partial charge in [0.15, 0.2) is 5.75 Å². The number of rotatable bonds is 9. The molecule has 2 aromatic heterocycles. The number of carbonyl (C=O) groups is 1. The van der Waals surface area contributed by atoms with Crippen LogP contribution in [0.3, 0.4) is 0 Å². The second kappa shape index (κ2) is 10.4. The number of ether oxygens (including phenoxy) is 1. The quantitative estimate of drug-likeness (QED) is 0.354. The topological polar surface area (TPSA) is 67.4 Å². The van der Waals surface area contributed by atoms with Crippen LogP contribution in [-0.4, -0.2) is 53.6 Å². The summed E-state index contributed by atoms with van der Waals surface area (Å²) in [6.07, 6.45) is 1.38. The van der Waals surface area contributed by atoms with Crippen molar-refractivity contribution in [2.75, 3.05) is 32.8 Å². The summed E-state index contributed by atoms with van der Waals surface area (Å²) < 4.78 is 20.0. The molecule has 0 atom stereocenters. The molecular formula is C21H22FIN4O2. The summed E-state index contributed by atoms with van der Waals surface area (Å²) in [7, 11) is 0. The lowest BCUT2D eigenvalue weighted by atomic mass is 10.2. The minimum Gasteiger partial charge on any atom is -0.487 e. The predicted molar refractivity (Wildman–Crippen MR) is 119 cm³/mol. The van der Waals surface area contributed by atoms with E-state index >= 15 is 0 Å². The minimum absolute atomic E-state index is 0.147. The van der Waals surface area contributed by atoms with Crippen LogP contribution < -0.4 is 10.1 Å². The summed E-state index contributed by atoms with van der Waals surface area (Å²) in [5, 5.41) is 3.91. The highest BCUT2D eigenvalue weighted by atomic mass is 127. The van der Waals surface area contributed by atoms with Crippen LogP contribution in [0.1, 0.15) is 17.4 Å². The molecule has 1 N–H and O–H groups in total. The zero-order valence-electron chi connectivity index (χ0n) is 16.1. The number of hydrogen-bond donors (Lipinski definition) is 1. The number of fused-ring (bicyclic) bond motifs is 1. The zero-order valence-corrected chi connectivity index (χ0v) is 18.2. The smallest absolute Gasteiger partial charge is 0.269 e. The van der Waals surface area contributed by atoms with Crippen LogP contribution in [-0.2, 0) is 0 Å². The van der Waals surface area contributed by atoms with E-state index in [-0.39, 0.29) is 11.7 Å². The SMILES string of the molecule is CCN(CCNC(=O)c1ccc2cc(I)ccc2n1)CCOc1cccnc1F. The Labute approximate surface area is 182 Å². The van der Waals surface area contributed by atoms with Gasteiger partial charge in [-0.2, -0.15) is 4.39 Å². The van der Waals surface area contributed by atoms with E-state index in [0.29, 0.717) is 31.9 Å². The fraction of sp³-hybridized carbons (Fsp3) is 0.286. The molecule has 152 valence electrons. The van der Waals surface area contributed by atoms with Crippen molar-refractivity contribution < 1.29 is 13.9 Å². The highest BCUT2D eigenvalue weighted by Crippen LogP contribution is 2.16. The van der Waals surface area contributed by atoms with Gasteiger partial charge in [-0.25, -0.2) is 9.97 Å². The van der Waals surface area contributed by atoms with E-state index in [2.05, 4.69) is 42.8 Å². The molecule has 0 saturated carbocycles. The van der Waals surface area contributed by atoms with Crippen LogP contribution in [0.2, 0.25) is 0 Å². The van der Waals surface area contributed by atoms with Crippen molar-refractivity contribution in [3.63, 3.8) is 0 Å². The standard InChI is InChI=1S/C21H22FIN4O2/c1-2-27(12-13-29-19-4-3-9-24-20(19)22)11-10-25-21(28)18-7-5-15-14-16(23)6-8-17(15)26-18/h3-9,14H,2,10-13H2,1H3,(H,25,28). The van der Waals surface area contributed by atoms with Gasteiger partial charge in [0.25, 0.3) is 11.9 Å². The van der Waals surface area contributed by atoms with Gasteiger partial charge in [-0.05, 0) is 65.5 Å². The summed E-state index contributed by atoms with van der Waals surface area (Å²) in [6, 6.07) is 12.7. The number of amides is 1. The van der Waals surface area contributed by atoms with Gasteiger partial charge in [0.05, 0.1) is 5.52 Å². The Bertz CT molecular complexity index is 986. The molecule has 0 aliphatic rings. The van der Waals surface area contributed by atoms with Crippen molar-refractivity contribution >= 4 is 39.4 Å². The van der Waals surface area contributed by atoms with Gasteiger partial charge in [0, 0.05) is 34.8 Å². The third kappa shape index (κ3) is 6.07. The number of nitrogens with one attached hydrogen (secondary N) is 1. The molecule has 6 nitrogen and oxygen atoms in total. The van der Waals surface area contributed by atoms with Gasteiger partial charge in [-0.15, -0.1) is 0 Å². The van der Waals surface area contributed by atoms with Crippen LogP contribution in [0.5, 0.6) is 5.75 Å². The molecule has 3 rings (SSSR count). The van der Waals surface area contributed by atoms with E-state index in [4.69, 9.17) is 4.74 Å². The van der Waals surface area contributed by atoms with Gasteiger partial charge >= 0.3 is 0 Å². The van der Waals surface area contributed by atoms with Crippen molar-refractivity contribution in [1.82, 2.24) is 20.2 Å². The Balaban J connectivity index is 1.45. The highest BCUT2D eigenvalue weighted by Gasteiger charge is 2.10. The first-order valence-corrected chi connectivity index (χ1v) is 10.4. The van der Waals surface area contributed by atoms with Gasteiger partial charge in [0.2, 0.25) is 0 Å². The van der Waals surface area contributed by atoms with E-state index in [1.807, 2.05) is 31.2 Å². The summed E-state index contributed by atoms with van der Waals surface area (Å²) >= 11 is 2.25. The molecule has 0 unspecified atom stereocenters. The number of pyridine rings is 2. The van der Waals surface area contributed by atoms with Gasteiger partial charge in [-0.1, -0.05) is 13.0 Å². The minimum atomic E-state index is -0.611. The third-order valence-electron chi connectivity index (χ3n) is 4.43. The first-order valence-electron chi connectivity index (χ1n) is 9.37. The molecular weight excluding hydrogens is 486 g/mol. The second-order valence-electron chi connectivity index (χ2n) is 6.36. The summed E-state index contributed by atoms with van der Waals surface area (Å²) in [5.74, 6) is -0.662. The zero-order chi connectivity index (χ0) is 20.6. The van der Waals surface area contributed by atoms with Crippen molar-refractivity contribution in [2.24, 2.45) is 0 Å². The molecule has 0 fully saturated rings. The van der Waals surface area contributed by atoms with Crippen molar-refractivity contribution in [3.8, 4) is 5.75 Å². The van der Waals surface area contributed by atoms with E-state index in [1.165, 1.54) is 6.20 Å². The van der Waals surface area contributed by atoms with E-state index < -0.39 is 5.95 Å². The number of aromatic nitrogens is 2. The van der Waals surface area contributed by atoms with Crippen LogP contribution in [0.15, 0.2) is 48.7 Å². The fourth-order valence-electron chi connectivity index (χ4n) is 2.83. The summed E-state index contributed by atoms with van der Waals surface area (Å²) in [4.78, 5) is 22.5. The number of hydrogen-bond acceptors (Lipinski definition) is 5. The monoisotopic (exact) mass is 508 g/mol. The predicted octanol–water partition coefficient (Wildman–Crippen LogP) is 3.50. The lowest BCUT2D eigenvalue weighted by Crippen LogP contribution is -2.37. The largest absolute Gasteiger partial charge is 0.487 e. The van der Waals surface area contributed by atoms with E-state index in [9.17, 15) is 9.18 Å². The van der Waals surface area contributed by atoms with E-state index in [0.717, 1.165) is 21.0 Å². The maximum Gasteiger partial charge on any atom is 0.269 e. The maximum atomic E-state index is 13.5. The van der Waals surface area contributed by atoms with Crippen LogP contribution in [0, 0.1) is 9.52 Å². The molecule has 1 amide bonds.